The van der Waals surface area contributed by atoms with Crippen LogP contribution < -0.4 is 10.5 Å². The van der Waals surface area contributed by atoms with Crippen LogP contribution in [-0.4, -0.2) is 14.8 Å². The van der Waals surface area contributed by atoms with E-state index in [1.54, 1.807) is 0 Å². The molecule has 0 aliphatic heterocycles. The molecular formula is C14H17N3OS. The molecule has 0 aliphatic carbocycles. The molecule has 100 valence electrons. The molecule has 1 aromatic carbocycles. The number of aryl methyl sites for hydroxylation is 2. The van der Waals surface area contributed by atoms with Crippen molar-refractivity contribution in [1.82, 2.24) is 9.78 Å². The normalized spacial score (nSPS) is 10.4. The zero-order valence-electron chi connectivity index (χ0n) is 11.1. The first kappa shape index (κ1) is 13.5. The Morgan fingerprint density at radius 2 is 2.05 bits per heavy atom. The molecule has 0 amide bonds. The second-order valence-electron chi connectivity index (χ2n) is 4.48. The summed E-state index contributed by atoms with van der Waals surface area (Å²) in [4.78, 5) is 0.499. The van der Waals surface area contributed by atoms with Crippen LogP contribution in [0.1, 0.15) is 17.0 Å². The van der Waals surface area contributed by atoms with E-state index < -0.39 is 0 Å². The van der Waals surface area contributed by atoms with Crippen LogP contribution in [0, 0.1) is 6.92 Å². The van der Waals surface area contributed by atoms with Crippen LogP contribution in [0.15, 0.2) is 30.3 Å². The lowest BCUT2D eigenvalue weighted by Crippen LogP contribution is -2.10. The minimum absolute atomic E-state index is 0.499. The highest BCUT2D eigenvalue weighted by Crippen LogP contribution is 2.15. The van der Waals surface area contributed by atoms with Gasteiger partial charge in [-0.3, -0.25) is 4.68 Å². The fourth-order valence-electron chi connectivity index (χ4n) is 1.86. The van der Waals surface area contributed by atoms with Gasteiger partial charge >= 0.3 is 0 Å². The van der Waals surface area contributed by atoms with Crippen molar-refractivity contribution in [2.45, 2.75) is 20.0 Å². The second-order valence-corrected chi connectivity index (χ2v) is 5.00. The lowest BCUT2D eigenvalue weighted by atomic mass is 10.1. The minimum atomic E-state index is 0.499. The number of thiocarbonyl (C=S) groups is 1. The third-order valence-electron chi connectivity index (χ3n) is 2.79. The molecule has 0 spiro atoms. The maximum absolute atomic E-state index is 5.72. The van der Waals surface area contributed by atoms with Crippen molar-refractivity contribution in [1.29, 1.82) is 0 Å². The Labute approximate surface area is 118 Å². The molecule has 1 aromatic heterocycles. The van der Waals surface area contributed by atoms with Crippen LogP contribution in [0.5, 0.6) is 5.75 Å². The number of nitrogens with two attached hydrogens (primary N) is 1. The van der Waals surface area contributed by atoms with Gasteiger partial charge in [0.1, 0.15) is 12.4 Å². The molecule has 2 N–H and O–H groups in total. The van der Waals surface area contributed by atoms with E-state index in [1.165, 1.54) is 0 Å². The van der Waals surface area contributed by atoms with Crippen molar-refractivity contribution in [3.8, 4) is 5.75 Å². The molecule has 0 saturated heterocycles. The molecule has 0 unspecified atom stereocenters. The van der Waals surface area contributed by atoms with Crippen molar-refractivity contribution in [2.75, 3.05) is 0 Å². The Hall–Kier alpha value is -1.88. The van der Waals surface area contributed by atoms with Crippen LogP contribution in [0.4, 0.5) is 0 Å². The molecule has 0 bridgehead atoms. The quantitative estimate of drug-likeness (QED) is 0.849. The number of benzene rings is 1. The van der Waals surface area contributed by atoms with Crippen molar-refractivity contribution < 1.29 is 4.74 Å². The van der Waals surface area contributed by atoms with Gasteiger partial charge in [0, 0.05) is 13.5 Å². The number of ether oxygens (including phenoxy) is 1. The predicted molar refractivity (Wildman–Crippen MR) is 79.2 cm³/mol. The third-order valence-corrected chi connectivity index (χ3v) is 2.93. The van der Waals surface area contributed by atoms with E-state index in [2.05, 4.69) is 5.10 Å². The number of rotatable bonds is 5. The number of nitrogens with zero attached hydrogens (tertiary/aromatic N) is 2. The summed E-state index contributed by atoms with van der Waals surface area (Å²) in [7, 11) is 1.91. The lowest BCUT2D eigenvalue weighted by Gasteiger charge is -2.07. The molecule has 1 heterocycles. The van der Waals surface area contributed by atoms with E-state index in [0.717, 1.165) is 22.7 Å². The maximum atomic E-state index is 5.72. The Balaban J connectivity index is 1.96. The van der Waals surface area contributed by atoms with Crippen LogP contribution >= 0.6 is 12.2 Å². The fraction of sp³-hybridized carbons (Fsp3) is 0.286. The monoisotopic (exact) mass is 275 g/mol. The average Bonchev–Trinajstić information content (AvgIpc) is 2.66. The molecule has 0 fully saturated rings. The molecule has 2 aromatic rings. The Morgan fingerprint density at radius 1 is 1.37 bits per heavy atom. The first-order chi connectivity index (χ1) is 9.04. The number of hydrogen-bond donors (Lipinski definition) is 1. The molecule has 0 saturated carbocycles. The van der Waals surface area contributed by atoms with E-state index in [4.69, 9.17) is 22.7 Å². The van der Waals surface area contributed by atoms with Gasteiger partial charge in [-0.1, -0.05) is 24.4 Å². The van der Waals surface area contributed by atoms with Crippen LogP contribution in [-0.2, 0) is 20.1 Å². The van der Waals surface area contributed by atoms with Crippen molar-refractivity contribution >= 4 is 17.2 Å². The molecule has 0 atom stereocenters. The van der Waals surface area contributed by atoms with Crippen LogP contribution in [0.3, 0.4) is 0 Å². The molecule has 0 aliphatic rings. The summed E-state index contributed by atoms with van der Waals surface area (Å²) in [5, 5.41) is 4.28. The predicted octanol–water partition coefficient (Wildman–Crippen LogP) is 2.14. The zero-order chi connectivity index (χ0) is 13.8. The van der Waals surface area contributed by atoms with E-state index in [-0.39, 0.29) is 0 Å². The standard InChI is InChI=1S/C14H17N3OS/c1-10-7-12(17(2)16-10)9-18-13-5-3-11(4-6-13)8-14(15)19/h3-7H,8-9H2,1-2H3,(H2,15,19). The zero-order valence-corrected chi connectivity index (χ0v) is 11.9. The summed E-state index contributed by atoms with van der Waals surface area (Å²) in [6, 6.07) is 9.82. The van der Waals surface area contributed by atoms with Crippen LogP contribution in [0.2, 0.25) is 0 Å². The molecular weight excluding hydrogens is 258 g/mol. The Bertz CT molecular complexity index is 575. The maximum Gasteiger partial charge on any atom is 0.130 e. The smallest absolute Gasteiger partial charge is 0.130 e. The summed E-state index contributed by atoms with van der Waals surface area (Å²) < 4.78 is 7.55. The molecule has 0 radical (unpaired) electrons. The SMILES string of the molecule is Cc1cc(COc2ccc(CC(N)=S)cc2)n(C)n1. The van der Waals surface area contributed by atoms with Gasteiger partial charge in [0.15, 0.2) is 0 Å². The summed E-state index contributed by atoms with van der Waals surface area (Å²) in [5.74, 6) is 0.825. The number of hydrogen-bond acceptors (Lipinski definition) is 3. The highest BCUT2D eigenvalue weighted by atomic mass is 32.1. The highest BCUT2D eigenvalue weighted by Gasteiger charge is 2.03. The van der Waals surface area contributed by atoms with Gasteiger partial charge in [0.05, 0.1) is 16.4 Å². The highest BCUT2D eigenvalue weighted by molar-refractivity contribution is 7.80. The summed E-state index contributed by atoms with van der Waals surface area (Å²) in [5.41, 5.74) is 8.64. The lowest BCUT2D eigenvalue weighted by molar-refractivity contribution is 0.295. The molecule has 4 nitrogen and oxygen atoms in total. The largest absolute Gasteiger partial charge is 0.487 e. The van der Waals surface area contributed by atoms with Gasteiger partial charge in [-0.15, -0.1) is 0 Å². The topological polar surface area (TPSA) is 53.1 Å². The average molecular weight is 275 g/mol. The van der Waals surface area contributed by atoms with Crippen molar-refractivity contribution in [2.24, 2.45) is 12.8 Å². The second kappa shape index (κ2) is 5.84. The van der Waals surface area contributed by atoms with Crippen molar-refractivity contribution in [3.05, 3.63) is 47.3 Å². The van der Waals surface area contributed by atoms with E-state index in [0.29, 0.717) is 18.0 Å². The van der Waals surface area contributed by atoms with Gasteiger partial charge in [0.2, 0.25) is 0 Å². The van der Waals surface area contributed by atoms with Crippen LogP contribution in [0.25, 0.3) is 0 Å². The van der Waals surface area contributed by atoms with Crippen molar-refractivity contribution in [3.63, 3.8) is 0 Å². The summed E-state index contributed by atoms with van der Waals surface area (Å²) in [6.45, 7) is 2.47. The summed E-state index contributed by atoms with van der Waals surface area (Å²) in [6.07, 6.45) is 0.622. The van der Waals surface area contributed by atoms with Gasteiger partial charge in [-0.05, 0) is 30.7 Å². The van der Waals surface area contributed by atoms with E-state index in [9.17, 15) is 0 Å². The third kappa shape index (κ3) is 3.79. The molecule has 2 rings (SSSR count). The summed E-state index contributed by atoms with van der Waals surface area (Å²) >= 11 is 4.88. The van der Waals surface area contributed by atoms with Gasteiger partial charge in [0.25, 0.3) is 0 Å². The molecule has 5 heteroatoms. The first-order valence-corrected chi connectivity index (χ1v) is 6.45. The van der Waals surface area contributed by atoms with E-state index >= 15 is 0 Å². The van der Waals surface area contributed by atoms with Gasteiger partial charge < -0.3 is 10.5 Å². The van der Waals surface area contributed by atoms with E-state index in [1.807, 2.05) is 49.0 Å². The Morgan fingerprint density at radius 3 is 2.58 bits per heavy atom. The van der Waals surface area contributed by atoms with Gasteiger partial charge in [-0.25, -0.2) is 0 Å². The first-order valence-electron chi connectivity index (χ1n) is 6.04. The Kier molecular flexibility index (Phi) is 4.16. The molecule has 19 heavy (non-hydrogen) atoms. The number of aromatic nitrogens is 2. The minimum Gasteiger partial charge on any atom is -0.487 e. The fourth-order valence-corrected chi connectivity index (χ4v) is 2.03. The van der Waals surface area contributed by atoms with Gasteiger partial charge in [-0.2, -0.15) is 5.10 Å².